The van der Waals surface area contributed by atoms with Gasteiger partial charge in [0, 0.05) is 49.9 Å². The van der Waals surface area contributed by atoms with Gasteiger partial charge in [0.25, 0.3) is 0 Å². The van der Waals surface area contributed by atoms with Crippen LogP contribution in [0.2, 0.25) is 5.02 Å². The number of halogens is 2. The number of aryl methyl sites for hydroxylation is 2. The molecule has 0 atom stereocenters. The molecule has 2 aromatic carbocycles. The van der Waals surface area contributed by atoms with Gasteiger partial charge in [0.15, 0.2) is 9.84 Å². The molecule has 0 aliphatic carbocycles. The molecule has 0 bridgehead atoms. The fraction of sp³-hybridized carbons (Fsp3) is 0.440. The molecule has 2 heterocycles. The van der Waals surface area contributed by atoms with Crippen molar-refractivity contribution in [2.24, 2.45) is 5.92 Å². The van der Waals surface area contributed by atoms with Crippen LogP contribution in [0.5, 0.6) is 0 Å². The topological polar surface area (TPSA) is 72.3 Å². The van der Waals surface area contributed by atoms with Crippen LogP contribution in [0.15, 0.2) is 53.7 Å². The number of amides is 1. The molecule has 0 radical (unpaired) electrons. The number of carbonyl (C=O) groups is 1. The van der Waals surface area contributed by atoms with Gasteiger partial charge in [0.05, 0.1) is 10.6 Å². The highest BCUT2D eigenvalue weighted by atomic mass is 35.5. The Balaban J connectivity index is 0.00000324. The summed E-state index contributed by atoms with van der Waals surface area (Å²) in [5.41, 5.74) is 0. The molecule has 1 fully saturated rings. The van der Waals surface area contributed by atoms with E-state index in [0.717, 1.165) is 48.8 Å². The summed E-state index contributed by atoms with van der Waals surface area (Å²) in [6.07, 6.45) is 7.82. The summed E-state index contributed by atoms with van der Waals surface area (Å²) in [7, 11) is -3.54. The molecule has 4 rings (SSSR count). The Morgan fingerprint density at radius 1 is 1.12 bits per heavy atom. The average Bonchev–Trinajstić information content (AvgIpc) is 3.29. The number of likely N-dealkylation sites (tertiary alicyclic amines) is 1. The van der Waals surface area contributed by atoms with Gasteiger partial charge in [0.2, 0.25) is 5.91 Å². The van der Waals surface area contributed by atoms with Gasteiger partial charge < -0.3 is 9.47 Å². The maximum atomic E-state index is 12.8. The summed E-state index contributed by atoms with van der Waals surface area (Å²) in [5, 5.41) is 2.31. The standard InChI is InChI=1S/C25H30ClN3O3S.ClH/c1-2-24-27-11-15-28(24)12-7-19-8-13-29(14-9-19)25(30)10-16-33(31,32)23-6-4-20-17-22(26)5-3-21(20)18-23;/h3-6,11,15,17-19H,2,7-10,12-14,16H2,1H3;1H. The Hall–Kier alpha value is -2.09. The lowest BCUT2D eigenvalue weighted by atomic mass is 9.93. The van der Waals surface area contributed by atoms with E-state index in [-0.39, 0.29) is 35.4 Å². The number of rotatable bonds is 8. The first-order valence-electron chi connectivity index (χ1n) is 11.6. The Labute approximate surface area is 212 Å². The van der Waals surface area contributed by atoms with E-state index in [4.69, 9.17) is 11.6 Å². The first kappa shape index (κ1) is 26.5. The molecule has 6 nitrogen and oxygen atoms in total. The lowest BCUT2D eigenvalue weighted by molar-refractivity contribution is -0.132. The largest absolute Gasteiger partial charge is 0.343 e. The van der Waals surface area contributed by atoms with Gasteiger partial charge in [-0.05, 0) is 60.2 Å². The van der Waals surface area contributed by atoms with E-state index in [2.05, 4.69) is 16.5 Å². The molecule has 1 saturated heterocycles. The Kier molecular flexibility index (Phi) is 9.01. The number of hydrogen-bond acceptors (Lipinski definition) is 4. The van der Waals surface area contributed by atoms with Crippen molar-refractivity contribution in [3.8, 4) is 0 Å². The maximum Gasteiger partial charge on any atom is 0.223 e. The quantitative estimate of drug-likeness (QED) is 0.408. The molecule has 0 saturated carbocycles. The lowest BCUT2D eigenvalue weighted by Crippen LogP contribution is -2.39. The van der Waals surface area contributed by atoms with Crippen LogP contribution in [-0.4, -0.2) is 47.6 Å². The molecule has 3 aromatic rings. The van der Waals surface area contributed by atoms with Crippen LogP contribution < -0.4 is 0 Å². The second-order valence-electron chi connectivity index (χ2n) is 8.73. The number of sulfone groups is 1. The second-order valence-corrected chi connectivity index (χ2v) is 11.3. The van der Waals surface area contributed by atoms with Crippen molar-refractivity contribution in [1.29, 1.82) is 0 Å². The number of nitrogens with zero attached hydrogens (tertiary/aromatic N) is 3. The average molecular weight is 525 g/mol. The normalized spacial score (nSPS) is 14.8. The predicted octanol–water partition coefficient (Wildman–Crippen LogP) is 5.17. The highest BCUT2D eigenvalue weighted by Gasteiger charge is 2.25. The molecule has 9 heteroatoms. The number of fused-ring (bicyclic) bond motifs is 1. The summed E-state index contributed by atoms with van der Waals surface area (Å²) in [6, 6.07) is 10.4. The molecule has 0 unspecified atom stereocenters. The lowest BCUT2D eigenvalue weighted by Gasteiger charge is -2.32. The molecule has 1 aliphatic rings. The molecule has 1 amide bonds. The zero-order valence-corrected chi connectivity index (χ0v) is 21.7. The van der Waals surface area contributed by atoms with Crippen molar-refractivity contribution in [3.63, 3.8) is 0 Å². The van der Waals surface area contributed by atoms with Gasteiger partial charge in [0.1, 0.15) is 5.82 Å². The fourth-order valence-corrected chi connectivity index (χ4v) is 5.98. The van der Waals surface area contributed by atoms with Crippen LogP contribution in [0.1, 0.15) is 38.4 Å². The minimum atomic E-state index is -3.54. The van der Waals surface area contributed by atoms with Gasteiger partial charge >= 0.3 is 0 Å². The first-order chi connectivity index (χ1) is 15.9. The monoisotopic (exact) mass is 523 g/mol. The number of piperidine rings is 1. The molecular weight excluding hydrogens is 493 g/mol. The van der Waals surface area contributed by atoms with E-state index >= 15 is 0 Å². The van der Waals surface area contributed by atoms with E-state index in [1.807, 2.05) is 23.4 Å². The molecular formula is C25H31Cl2N3O3S. The van der Waals surface area contributed by atoms with Crippen LogP contribution in [-0.2, 0) is 27.6 Å². The third kappa shape index (κ3) is 6.32. The van der Waals surface area contributed by atoms with Gasteiger partial charge in [-0.25, -0.2) is 13.4 Å². The number of benzene rings is 2. The van der Waals surface area contributed by atoms with E-state index in [9.17, 15) is 13.2 Å². The molecule has 184 valence electrons. The minimum Gasteiger partial charge on any atom is -0.343 e. The van der Waals surface area contributed by atoms with Crippen molar-refractivity contribution in [2.45, 2.75) is 50.5 Å². The summed E-state index contributed by atoms with van der Waals surface area (Å²) in [4.78, 5) is 19.1. The maximum absolute atomic E-state index is 12.8. The van der Waals surface area contributed by atoms with Gasteiger partial charge in [-0.15, -0.1) is 12.4 Å². The Bertz CT molecular complexity index is 1240. The highest BCUT2D eigenvalue weighted by molar-refractivity contribution is 7.91. The highest BCUT2D eigenvalue weighted by Crippen LogP contribution is 2.25. The van der Waals surface area contributed by atoms with Crippen LogP contribution in [0.25, 0.3) is 10.8 Å². The van der Waals surface area contributed by atoms with E-state index in [0.29, 0.717) is 24.0 Å². The van der Waals surface area contributed by atoms with E-state index in [1.54, 1.807) is 30.3 Å². The van der Waals surface area contributed by atoms with Crippen molar-refractivity contribution in [2.75, 3.05) is 18.8 Å². The van der Waals surface area contributed by atoms with Gasteiger partial charge in [-0.3, -0.25) is 4.79 Å². The summed E-state index contributed by atoms with van der Waals surface area (Å²) in [5.74, 6) is 1.44. The number of hydrogen-bond donors (Lipinski definition) is 0. The Morgan fingerprint density at radius 2 is 1.82 bits per heavy atom. The van der Waals surface area contributed by atoms with Crippen LogP contribution in [0, 0.1) is 5.92 Å². The summed E-state index contributed by atoms with van der Waals surface area (Å²) in [6.45, 7) is 4.47. The van der Waals surface area contributed by atoms with Gasteiger partial charge in [-0.1, -0.05) is 30.7 Å². The molecule has 0 N–H and O–H groups in total. The third-order valence-electron chi connectivity index (χ3n) is 6.58. The third-order valence-corrected chi connectivity index (χ3v) is 8.53. The molecule has 1 aliphatic heterocycles. The number of aromatic nitrogens is 2. The number of carbonyl (C=O) groups excluding carboxylic acids is 1. The SMILES string of the molecule is CCc1nccn1CCC1CCN(C(=O)CCS(=O)(=O)c2ccc3cc(Cl)ccc3c2)CC1.Cl. The summed E-state index contributed by atoms with van der Waals surface area (Å²) < 4.78 is 27.9. The predicted molar refractivity (Wildman–Crippen MR) is 138 cm³/mol. The van der Waals surface area contributed by atoms with Crippen molar-refractivity contribution in [3.05, 3.63) is 59.6 Å². The molecule has 1 aromatic heterocycles. The van der Waals surface area contributed by atoms with Crippen LogP contribution >= 0.6 is 24.0 Å². The summed E-state index contributed by atoms with van der Waals surface area (Å²) >= 11 is 6.00. The smallest absolute Gasteiger partial charge is 0.223 e. The Morgan fingerprint density at radius 3 is 2.56 bits per heavy atom. The second kappa shape index (κ2) is 11.6. The van der Waals surface area contributed by atoms with Crippen LogP contribution in [0.3, 0.4) is 0 Å². The van der Waals surface area contributed by atoms with Crippen molar-refractivity contribution < 1.29 is 13.2 Å². The zero-order valence-electron chi connectivity index (χ0n) is 19.3. The first-order valence-corrected chi connectivity index (χ1v) is 13.6. The van der Waals surface area contributed by atoms with E-state index < -0.39 is 9.84 Å². The van der Waals surface area contributed by atoms with Crippen molar-refractivity contribution >= 4 is 50.5 Å². The molecule has 0 spiro atoms. The van der Waals surface area contributed by atoms with Gasteiger partial charge in [-0.2, -0.15) is 0 Å². The van der Waals surface area contributed by atoms with Crippen molar-refractivity contribution in [1.82, 2.24) is 14.5 Å². The minimum absolute atomic E-state index is 0. The van der Waals surface area contributed by atoms with Crippen LogP contribution in [0.4, 0.5) is 0 Å². The molecule has 34 heavy (non-hydrogen) atoms. The zero-order chi connectivity index (χ0) is 23.4. The van der Waals surface area contributed by atoms with E-state index in [1.165, 1.54) is 0 Å². The fourth-order valence-electron chi connectivity index (χ4n) is 4.54. The number of imidazole rings is 1.